The number of rotatable bonds is 9. The van der Waals surface area contributed by atoms with Crippen molar-refractivity contribution in [1.29, 1.82) is 0 Å². The average molecular weight is 302 g/mol. The Bertz CT molecular complexity index is 410. The fourth-order valence-corrected chi connectivity index (χ4v) is 2.14. The molecule has 0 spiro atoms. The van der Waals surface area contributed by atoms with E-state index in [1.54, 1.807) is 7.11 Å². The largest absolute Gasteiger partial charge is 0.493 e. The van der Waals surface area contributed by atoms with Crippen molar-refractivity contribution in [3.05, 3.63) is 22.7 Å². The van der Waals surface area contributed by atoms with Gasteiger partial charge in [-0.25, -0.2) is 0 Å². The molecule has 0 aliphatic heterocycles. The summed E-state index contributed by atoms with van der Waals surface area (Å²) in [7, 11) is 1.60. The van der Waals surface area contributed by atoms with Crippen LogP contribution in [-0.2, 0) is 11.2 Å². The molecule has 0 amide bonds. The molecule has 2 N–H and O–H groups in total. The highest BCUT2D eigenvalue weighted by molar-refractivity contribution is 6.32. The Morgan fingerprint density at radius 3 is 2.60 bits per heavy atom. The van der Waals surface area contributed by atoms with Gasteiger partial charge in [-0.3, -0.25) is 0 Å². The van der Waals surface area contributed by atoms with Crippen LogP contribution in [0.15, 0.2) is 12.1 Å². The van der Waals surface area contributed by atoms with Crippen molar-refractivity contribution in [1.82, 2.24) is 0 Å². The highest BCUT2D eigenvalue weighted by atomic mass is 35.5. The second-order valence-electron chi connectivity index (χ2n) is 4.75. The Labute approximate surface area is 126 Å². The molecule has 0 aliphatic carbocycles. The van der Waals surface area contributed by atoms with Gasteiger partial charge in [0.2, 0.25) is 0 Å². The van der Waals surface area contributed by atoms with Crippen LogP contribution in [0.4, 0.5) is 0 Å². The minimum absolute atomic E-state index is 0.0741. The van der Waals surface area contributed by atoms with Crippen molar-refractivity contribution >= 4 is 11.6 Å². The molecule has 0 aromatic heterocycles. The van der Waals surface area contributed by atoms with Crippen molar-refractivity contribution < 1.29 is 14.2 Å². The van der Waals surface area contributed by atoms with Gasteiger partial charge in [0, 0.05) is 12.6 Å². The van der Waals surface area contributed by atoms with E-state index in [2.05, 4.69) is 6.92 Å². The summed E-state index contributed by atoms with van der Waals surface area (Å²) in [5.74, 6) is 1.19. The first-order valence-electron chi connectivity index (χ1n) is 6.91. The zero-order chi connectivity index (χ0) is 15.0. The third-order valence-corrected chi connectivity index (χ3v) is 2.95. The molecular formula is C15H24ClNO3. The molecule has 1 unspecified atom stereocenters. The topological polar surface area (TPSA) is 53.7 Å². The number of halogens is 1. The van der Waals surface area contributed by atoms with E-state index in [9.17, 15) is 0 Å². The first-order chi connectivity index (χ1) is 9.58. The van der Waals surface area contributed by atoms with E-state index in [4.69, 9.17) is 31.5 Å². The SMILES string of the molecule is CCCOCCOc1c(Cl)cc(CC(C)N)cc1OC. The lowest BCUT2D eigenvalue weighted by Crippen LogP contribution is -2.17. The third-order valence-electron chi connectivity index (χ3n) is 2.67. The number of hydrogen-bond acceptors (Lipinski definition) is 4. The maximum Gasteiger partial charge on any atom is 0.179 e. The summed E-state index contributed by atoms with van der Waals surface area (Å²) in [6.07, 6.45) is 1.74. The number of ether oxygens (including phenoxy) is 3. The first-order valence-corrected chi connectivity index (χ1v) is 7.28. The number of methoxy groups -OCH3 is 1. The van der Waals surface area contributed by atoms with Crippen molar-refractivity contribution in [3.63, 3.8) is 0 Å². The fourth-order valence-electron chi connectivity index (χ4n) is 1.85. The third kappa shape index (κ3) is 5.57. The van der Waals surface area contributed by atoms with E-state index in [-0.39, 0.29) is 6.04 Å². The second kappa shape index (κ2) is 9.06. The van der Waals surface area contributed by atoms with Gasteiger partial charge in [0.05, 0.1) is 18.7 Å². The Morgan fingerprint density at radius 1 is 1.25 bits per heavy atom. The zero-order valence-corrected chi connectivity index (χ0v) is 13.2. The molecule has 0 bridgehead atoms. The van der Waals surface area contributed by atoms with Crippen LogP contribution in [0.5, 0.6) is 11.5 Å². The molecule has 0 radical (unpaired) electrons. The monoisotopic (exact) mass is 301 g/mol. The lowest BCUT2D eigenvalue weighted by atomic mass is 10.1. The number of benzene rings is 1. The molecule has 0 fully saturated rings. The van der Waals surface area contributed by atoms with Gasteiger partial charge in [-0.05, 0) is 37.5 Å². The predicted molar refractivity (Wildman–Crippen MR) is 82.0 cm³/mol. The normalized spacial score (nSPS) is 12.2. The smallest absolute Gasteiger partial charge is 0.179 e. The molecule has 0 heterocycles. The molecule has 1 aromatic rings. The lowest BCUT2D eigenvalue weighted by Gasteiger charge is -2.15. The minimum atomic E-state index is 0.0741. The van der Waals surface area contributed by atoms with Crippen molar-refractivity contribution in [2.75, 3.05) is 26.9 Å². The molecule has 114 valence electrons. The Morgan fingerprint density at radius 2 is 2.00 bits per heavy atom. The standard InChI is InChI=1S/C15H24ClNO3/c1-4-5-19-6-7-20-15-13(16)9-12(8-11(2)17)10-14(15)18-3/h9-11H,4-8,17H2,1-3H3. The average Bonchev–Trinajstić information content (AvgIpc) is 2.39. The van der Waals surface area contributed by atoms with Crippen LogP contribution in [0.2, 0.25) is 5.02 Å². The molecule has 0 saturated carbocycles. The molecule has 1 aromatic carbocycles. The first kappa shape index (κ1) is 17.1. The van der Waals surface area contributed by atoms with Crippen molar-refractivity contribution in [2.45, 2.75) is 32.7 Å². The summed E-state index contributed by atoms with van der Waals surface area (Å²) in [4.78, 5) is 0. The number of nitrogens with two attached hydrogens (primary N) is 1. The summed E-state index contributed by atoms with van der Waals surface area (Å²) in [6.45, 7) is 5.74. The van der Waals surface area contributed by atoms with Crippen molar-refractivity contribution in [2.24, 2.45) is 5.73 Å². The summed E-state index contributed by atoms with van der Waals surface area (Å²) in [6, 6.07) is 3.86. The van der Waals surface area contributed by atoms with Crippen LogP contribution in [-0.4, -0.2) is 33.0 Å². The van der Waals surface area contributed by atoms with Crippen LogP contribution in [0.1, 0.15) is 25.8 Å². The zero-order valence-electron chi connectivity index (χ0n) is 12.4. The van der Waals surface area contributed by atoms with Gasteiger partial charge in [0.1, 0.15) is 6.61 Å². The van der Waals surface area contributed by atoms with Gasteiger partial charge < -0.3 is 19.9 Å². The molecule has 5 heteroatoms. The quantitative estimate of drug-likeness (QED) is 0.712. The molecule has 0 aliphatic rings. The van der Waals surface area contributed by atoms with Gasteiger partial charge in [-0.1, -0.05) is 18.5 Å². The Hall–Kier alpha value is -0.970. The van der Waals surface area contributed by atoms with Gasteiger partial charge >= 0.3 is 0 Å². The highest BCUT2D eigenvalue weighted by Gasteiger charge is 2.12. The van der Waals surface area contributed by atoms with Gasteiger partial charge in [-0.2, -0.15) is 0 Å². The highest BCUT2D eigenvalue weighted by Crippen LogP contribution is 2.36. The van der Waals surface area contributed by atoms with E-state index >= 15 is 0 Å². The molecular weight excluding hydrogens is 278 g/mol. The van der Waals surface area contributed by atoms with Gasteiger partial charge in [0.15, 0.2) is 11.5 Å². The maximum atomic E-state index is 6.25. The van der Waals surface area contributed by atoms with Crippen molar-refractivity contribution in [3.8, 4) is 11.5 Å². The lowest BCUT2D eigenvalue weighted by molar-refractivity contribution is 0.0995. The summed E-state index contributed by atoms with van der Waals surface area (Å²) < 4.78 is 16.4. The van der Waals surface area contributed by atoms with E-state index in [0.29, 0.717) is 29.7 Å². The summed E-state index contributed by atoms with van der Waals surface area (Å²) in [5.41, 5.74) is 6.84. The molecule has 0 saturated heterocycles. The molecule has 4 nitrogen and oxygen atoms in total. The van der Waals surface area contributed by atoms with E-state index in [1.807, 2.05) is 19.1 Å². The van der Waals surface area contributed by atoms with Crippen LogP contribution >= 0.6 is 11.6 Å². The predicted octanol–water partition coefficient (Wildman–Crippen LogP) is 3.04. The molecule has 1 atom stereocenters. The summed E-state index contributed by atoms with van der Waals surface area (Å²) >= 11 is 6.25. The molecule has 1 rings (SSSR count). The maximum absolute atomic E-state index is 6.25. The van der Waals surface area contributed by atoms with Gasteiger partial charge in [0.25, 0.3) is 0 Å². The number of hydrogen-bond donors (Lipinski definition) is 1. The molecule has 20 heavy (non-hydrogen) atoms. The summed E-state index contributed by atoms with van der Waals surface area (Å²) in [5, 5.41) is 0.537. The van der Waals surface area contributed by atoms with E-state index < -0.39 is 0 Å². The van der Waals surface area contributed by atoms with E-state index in [1.165, 1.54) is 0 Å². The minimum Gasteiger partial charge on any atom is -0.493 e. The Kier molecular flexibility index (Phi) is 7.73. The van der Waals surface area contributed by atoms with Crippen LogP contribution in [0, 0.1) is 0 Å². The van der Waals surface area contributed by atoms with Crippen LogP contribution in [0.3, 0.4) is 0 Å². The van der Waals surface area contributed by atoms with Crippen LogP contribution < -0.4 is 15.2 Å². The van der Waals surface area contributed by atoms with Crippen LogP contribution in [0.25, 0.3) is 0 Å². The Balaban J connectivity index is 2.69. The van der Waals surface area contributed by atoms with E-state index in [0.717, 1.165) is 25.0 Å². The fraction of sp³-hybridized carbons (Fsp3) is 0.600. The second-order valence-corrected chi connectivity index (χ2v) is 5.16. The van der Waals surface area contributed by atoms with Gasteiger partial charge in [-0.15, -0.1) is 0 Å².